The second-order valence-electron chi connectivity index (χ2n) is 6.74. The summed E-state index contributed by atoms with van der Waals surface area (Å²) in [5.74, 6) is -1.34. The van der Waals surface area contributed by atoms with E-state index < -0.39 is 5.92 Å². The molecule has 27 heavy (non-hydrogen) atoms. The van der Waals surface area contributed by atoms with Gasteiger partial charge in [0.15, 0.2) is 0 Å². The molecule has 6 heteroatoms. The molecule has 2 aromatic carbocycles. The number of hydrogen-bond donors (Lipinski definition) is 2. The molecule has 0 bridgehead atoms. The first-order valence-electron chi connectivity index (χ1n) is 9.04. The van der Waals surface area contributed by atoms with Crippen LogP contribution < -0.4 is 15.8 Å². The zero-order valence-electron chi connectivity index (χ0n) is 15.5. The fraction of sp³-hybridized carbons (Fsp3) is 0.286. The second kappa shape index (κ2) is 8.03. The summed E-state index contributed by atoms with van der Waals surface area (Å²) >= 11 is 0. The van der Waals surface area contributed by atoms with Gasteiger partial charge in [0, 0.05) is 24.2 Å². The monoisotopic (exact) mass is 365 g/mol. The molecule has 3 amide bonds. The summed E-state index contributed by atoms with van der Waals surface area (Å²) in [5, 5.41) is 0. The number of anilines is 1. The van der Waals surface area contributed by atoms with E-state index in [1.807, 2.05) is 43.3 Å². The highest BCUT2D eigenvalue weighted by Gasteiger charge is 2.35. The van der Waals surface area contributed by atoms with Gasteiger partial charge in [-0.25, -0.2) is 0 Å². The van der Waals surface area contributed by atoms with Crippen molar-refractivity contribution in [1.29, 1.82) is 0 Å². The number of hydrogen-bond acceptors (Lipinski definition) is 3. The van der Waals surface area contributed by atoms with Gasteiger partial charge in [0.2, 0.25) is 11.8 Å². The standard InChI is InChI=1S/C21H23N3O3/c1-3-15-5-4-6-18(11-15)24-13-17(12-19(24)25)21(27)23-22-20(26)16-9-7-14(2)8-10-16/h4-11,17H,3,12-13H2,1-2H3,(H,22,26)(H,23,27)/t17-/m0/s1. The average molecular weight is 365 g/mol. The van der Waals surface area contributed by atoms with Gasteiger partial charge < -0.3 is 4.90 Å². The van der Waals surface area contributed by atoms with Crippen LogP contribution in [-0.2, 0) is 16.0 Å². The van der Waals surface area contributed by atoms with Crippen molar-refractivity contribution in [2.45, 2.75) is 26.7 Å². The van der Waals surface area contributed by atoms with Crippen molar-refractivity contribution in [3.8, 4) is 0 Å². The largest absolute Gasteiger partial charge is 0.312 e. The lowest BCUT2D eigenvalue weighted by atomic mass is 10.1. The lowest BCUT2D eigenvalue weighted by molar-refractivity contribution is -0.126. The number of benzene rings is 2. The smallest absolute Gasteiger partial charge is 0.269 e. The third-order valence-corrected chi connectivity index (χ3v) is 4.74. The van der Waals surface area contributed by atoms with Crippen LogP contribution in [0.2, 0.25) is 0 Å². The van der Waals surface area contributed by atoms with Gasteiger partial charge in [-0.05, 0) is 43.2 Å². The quantitative estimate of drug-likeness (QED) is 0.817. The topological polar surface area (TPSA) is 78.5 Å². The Labute approximate surface area is 158 Å². The normalized spacial score (nSPS) is 16.3. The molecule has 1 saturated heterocycles. The van der Waals surface area contributed by atoms with Crippen molar-refractivity contribution >= 4 is 23.4 Å². The summed E-state index contributed by atoms with van der Waals surface area (Å²) in [4.78, 5) is 38.4. The SMILES string of the molecule is CCc1cccc(N2C[C@@H](C(=O)NNC(=O)c3ccc(C)cc3)CC2=O)c1. The van der Waals surface area contributed by atoms with Crippen molar-refractivity contribution in [3.05, 3.63) is 65.2 Å². The molecular weight excluding hydrogens is 342 g/mol. The molecule has 1 aliphatic rings. The molecule has 1 fully saturated rings. The highest BCUT2D eigenvalue weighted by atomic mass is 16.2. The number of nitrogens with one attached hydrogen (secondary N) is 2. The molecule has 1 atom stereocenters. The number of rotatable bonds is 4. The van der Waals surface area contributed by atoms with Crippen LogP contribution in [0.15, 0.2) is 48.5 Å². The van der Waals surface area contributed by atoms with Crippen LogP contribution in [0.1, 0.15) is 34.8 Å². The van der Waals surface area contributed by atoms with E-state index in [2.05, 4.69) is 17.8 Å². The molecule has 1 aliphatic heterocycles. The van der Waals surface area contributed by atoms with E-state index in [0.717, 1.165) is 23.2 Å². The summed E-state index contributed by atoms with van der Waals surface area (Å²) in [6, 6.07) is 14.8. The van der Waals surface area contributed by atoms with Crippen molar-refractivity contribution in [2.24, 2.45) is 5.92 Å². The van der Waals surface area contributed by atoms with E-state index in [9.17, 15) is 14.4 Å². The van der Waals surface area contributed by atoms with E-state index in [4.69, 9.17) is 0 Å². The van der Waals surface area contributed by atoms with Gasteiger partial charge in [0.25, 0.3) is 5.91 Å². The predicted octanol–water partition coefficient (Wildman–Crippen LogP) is 2.37. The van der Waals surface area contributed by atoms with Crippen LogP contribution in [0.3, 0.4) is 0 Å². The van der Waals surface area contributed by atoms with E-state index in [-0.39, 0.29) is 24.1 Å². The maximum atomic E-state index is 12.4. The molecule has 2 N–H and O–H groups in total. The van der Waals surface area contributed by atoms with Gasteiger partial charge in [0.05, 0.1) is 5.92 Å². The minimum atomic E-state index is -0.499. The molecule has 0 aromatic heterocycles. The molecule has 2 aromatic rings. The lowest BCUT2D eigenvalue weighted by Gasteiger charge is -2.17. The van der Waals surface area contributed by atoms with E-state index in [1.54, 1.807) is 17.0 Å². The van der Waals surface area contributed by atoms with Crippen LogP contribution in [-0.4, -0.2) is 24.3 Å². The number of amides is 3. The molecule has 0 spiro atoms. The Morgan fingerprint density at radius 1 is 1.11 bits per heavy atom. The number of carbonyl (C=O) groups excluding carboxylic acids is 3. The maximum absolute atomic E-state index is 12.4. The summed E-state index contributed by atoms with van der Waals surface area (Å²) in [7, 11) is 0. The van der Waals surface area contributed by atoms with Gasteiger partial charge in [-0.1, -0.05) is 36.8 Å². The van der Waals surface area contributed by atoms with Crippen molar-refractivity contribution in [1.82, 2.24) is 10.9 Å². The minimum absolute atomic E-state index is 0.0896. The van der Waals surface area contributed by atoms with Gasteiger partial charge in [-0.2, -0.15) is 0 Å². The predicted molar refractivity (Wildman–Crippen MR) is 103 cm³/mol. The first kappa shape index (κ1) is 18.6. The van der Waals surface area contributed by atoms with E-state index >= 15 is 0 Å². The molecule has 1 heterocycles. The van der Waals surface area contributed by atoms with Gasteiger partial charge in [0.1, 0.15) is 0 Å². The number of carbonyl (C=O) groups is 3. The Bertz CT molecular complexity index is 861. The minimum Gasteiger partial charge on any atom is -0.312 e. The Kier molecular flexibility index (Phi) is 5.54. The van der Waals surface area contributed by atoms with Crippen molar-refractivity contribution in [3.63, 3.8) is 0 Å². The summed E-state index contributed by atoms with van der Waals surface area (Å²) in [5.41, 5.74) is 8.30. The highest BCUT2D eigenvalue weighted by Crippen LogP contribution is 2.26. The molecule has 0 aliphatic carbocycles. The van der Waals surface area contributed by atoms with Crippen LogP contribution in [0.5, 0.6) is 0 Å². The van der Waals surface area contributed by atoms with Gasteiger partial charge >= 0.3 is 0 Å². The van der Waals surface area contributed by atoms with E-state index in [1.165, 1.54) is 0 Å². The van der Waals surface area contributed by atoms with Crippen LogP contribution in [0, 0.1) is 12.8 Å². The number of hydrazine groups is 1. The van der Waals surface area contributed by atoms with Crippen LogP contribution >= 0.6 is 0 Å². The third-order valence-electron chi connectivity index (χ3n) is 4.74. The summed E-state index contributed by atoms with van der Waals surface area (Å²) in [6.07, 6.45) is 1.01. The molecule has 0 radical (unpaired) electrons. The highest BCUT2D eigenvalue weighted by molar-refractivity contribution is 6.01. The fourth-order valence-electron chi connectivity index (χ4n) is 3.07. The van der Waals surface area contributed by atoms with Crippen molar-refractivity contribution < 1.29 is 14.4 Å². The summed E-state index contributed by atoms with van der Waals surface area (Å²) in [6.45, 7) is 4.29. The first-order valence-corrected chi connectivity index (χ1v) is 9.04. The molecule has 6 nitrogen and oxygen atoms in total. The van der Waals surface area contributed by atoms with Gasteiger partial charge in [-0.3, -0.25) is 25.2 Å². The number of nitrogens with zero attached hydrogens (tertiary/aromatic N) is 1. The van der Waals surface area contributed by atoms with Gasteiger partial charge in [-0.15, -0.1) is 0 Å². The third kappa shape index (κ3) is 4.34. The Balaban J connectivity index is 1.58. The zero-order chi connectivity index (χ0) is 19.4. The molecular formula is C21H23N3O3. The molecule has 140 valence electrons. The Morgan fingerprint density at radius 2 is 1.85 bits per heavy atom. The maximum Gasteiger partial charge on any atom is 0.269 e. The zero-order valence-corrected chi connectivity index (χ0v) is 15.5. The van der Waals surface area contributed by atoms with Crippen LogP contribution in [0.25, 0.3) is 0 Å². The molecule has 0 saturated carbocycles. The molecule has 0 unspecified atom stereocenters. The van der Waals surface area contributed by atoms with E-state index in [0.29, 0.717) is 12.1 Å². The lowest BCUT2D eigenvalue weighted by Crippen LogP contribution is -2.45. The summed E-state index contributed by atoms with van der Waals surface area (Å²) < 4.78 is 0. The number of aryl methyl sites for hydroxylation is 2. The second-order valence-corrected chi connectivity index (χ2v) is 6.74. The Hall–Kier alpha value is -3.15. The van der Waals surface area contributed by atoms with Crippen molar-refractivity contribution in [2.75, 3.05) is 11.4 Å². The first-order chi connectivity index (χ1) is 13.0. The molecule has 3 rings (SSSR count). The Morgan fingerprint density at radius 3 is 2.56 bits per heavy atom. The van der Waals surface area contributed by atoms with Crippen LogP contribution in [0.4, 0.5) is 5.69 Å². The fourth-order valence-corrected chi connectivity index (χ4v) is 3.07. The average Bonchev–Trinajstić information content (AvgIpc) is 3.08.